The second kappa shape index (κ2) is 4.90. The summed E-state index contributed by atoms with van der Waals surface area (Å²) in [5.41, 5.74) is 2.98. The van der Waals surface area contributed by atoms with Gasteiger partial charge in [0.05, 0.1) is 0 Å². The van der Waals surface area contributed by atoms with Gasteiger partial charge in [0.1, 0.15) is 11.4 Å². The van der Waals surface area contributed by atoms with Crippen LogP contribution in [0.2, 0.25) is 0 Å². The number of hydrogen-bond donors (Lipinski definition) is 2. The van der Waals surface area contributed by atoms with E-state index in [-0.39, 0.29) is 0 Å². The Morgan fingerprint density at radius 1 is 1.19 bits per heavy atom. The van der Waals surface area contributed by atoms with E-state index in [1.807, 2.05) is 30.3 Å². The molecule has 0 atom stereocenters. The van der Waals surface area contributed by atoms with Crippen molar-refractivity contribution < 1.29 is 0 Å². The fourth-order valence-corrected chi connectivity index (χ4v) is 1.50. The molecule has 0 aliphatic heterocycles. The lowest BCUT2D eigenvalue weighted by Crippen LogP contribution is -2.22. The number of H-pyrrole nitrogens is 1. The summed E-state index contributed by atoms with van der Waals surface area (Å²) < 4.78 is 0. The maximum Gasteiger partial charge on any atom is 0.117 e. The predicted octanol–water partition coefficient (Wildman–Crippen LogP) is 1.97. The molecule has 84 valence electrons. The molecule has 4 heteroatoms. The van der Waals surface area contributed by atoms with Crippen LogP contribution < -0.4 is 5.32 Å². The molecule has 0 spiro atoms. The van der Waals surface area contributed by atoms with Gasteiger partial charge in [0.2, 0.25) is 0 Å². The highest BCUT2D eigenvalue weighted by atomic mass is 15.3. The van der Waals surface area contributed by atoms with Gasteiger partial charge in [-0.05, 0) is 0 Å². The zero-order chi connectivity index (χ0) is 11.4. The van der Waals surface area contributed by atoms with Crippen LogP contribution in [0.5, 0.6) is 0 Å². The maximum absolute atomic E-state index is 4.19. The first-order valence-corrected chi connectivity index (χ1v) is 5.46. The van der Waals surface area contributed by atoms with Gasteiger partial charge in [0.25, 0.3) is 0 Å². The molecule has 2 N–H and O–H groups in total. The molecule has 0 amide bonds. The number of nitrogens with zero attached hydrogens (tertiary/aromatic N) is 2. The van der Waals surface area contributed by atoms with Crippen molar-refractivity contribution in [3.63, 3.8) is 0 Å². The van der Waals surface area contributed by atoms with Crippen molar-refractivity contribution >= 4 is 0 Å². The summed E-state index contributed by atoms with van der Waals surface area (Å²) in [6.45, 7) is 4.96. The van der Waals surface area contributed by atoms with Crippen LogP contribution in [0.3, 0.4) is 0 Å². The van der Waals surface area contributed by atoms with Crippen molar-refractivity contribution in [1.29, 1.82) is 0 Å². The SMILES string of the molecule is CC(C)NCc1n[nH]nc1-c1ccccc1. The van der Waals surface area contributed by atoms with E-state index in [0.717, 1.165) is 23.5 Å². The maximum atomic E-state index is 4.19. The summed E-state index contributed by atoms with van der Waals surface area (Å²) in [5, 5.41) is 14.4. The molecule has 0 aliphatic rings. The number of hydrogen-bond acceptors (Lipinski definition) is 3. The number of aromatic nitrogens is 3. The van der Waals surface area contributed by atoms with Gasteiger partial charge >= 0.3 is 0 Å². The highest BCUT2D eigenvalue weighted by molar-refractivity contribution is 5.60. The molecule has 4 nitrogen and oxygen atoms in total. The van der Waals surface area contributed by atoms with Gasteiger partial charge in [-0.15, -0.1) is 0 Å². The summed E-state index contributed by atoms with van der Waals surface area (Å²) >= 11 is 0. The molecular weight excluding hydrogens is 200 g/mol. The Hall–Kier alpha value is -1.68. The second-order valence-electron chi connectivity index (χ2n) is 4.02. The van der Waals surface area contributed by atoms with Gasteiger partial charge in [-0.3, -0.25) is 0 Å². The third-order valence-electron chi connectivity index (χ3n) is 2.35. The minimum absolute atomic E-state index is 0.445. The van der Waals surface area contributed by atoms with Crippen LogP contribution in [0.25, 0.3) is 11.3 Å². The summed E-state index contributed by atoms with van der Waals surface area (Å²) in [4.78, 5) is 0. The van der Waals surface area contributed by atoms with Crippen LogP contribution in [0, 0.1) is 0 Å². The fraction of sp³-hybridized carbons (Fsp3) is 0.333. The van der Waals surface area contributed by atoms with Gasteiger partial charge in [-0.1, -0.05) is 44.2 Å². The molecule has 1 aromatic heterocycles. The molecule has 1 heterocycles. The lowest BCUT2D eigenvalue weighted by molar-refractivity contribution is 0.581. The second-order valence-corrected chi connectivity index (χ2v) is 4.02. The molecule has 0 radical (unpaired) electrons. The summed E-state index contributed by atoms with van der Waals surface area (Å²) in [5.74, 6) is 0. The van der Waals surface area contributed by atoms with E-state index in [4.69, 9.17) is 0 Å². The normalized spacial score (nSPS) is 10.9. The van der Waals surface area contributed by atoms with Crippen LogP contribution in [-0.4, -0.2) is 21.5 Å². The fourth-order valence-electron chi connectivity index (χ4n) is 1.50. The Morgan fingerprint density at radius 2 is 1.94 bits per heavy atom. The van der Waals surface area contributed by atoms with Crippen LogP contribution in [0.15, 0.2) is 30.3 Å². The third kappa shape index (κ3) is 2.46. The van der Waals surface area contributed by atoms with Crippen LogP contribution in [-0.2, 0) is 6.54 Å². The highest BCUT2D eigenvalue weighted by Crippen LogP contribution is 2.18. The first kappa shape index (κ1) is 10.8. The van der Waals surface area contributed by atoms with E-state index in [2.05, 4.69) is 34.6 Å². The van der Waals surface area contributed by atoms with Gasteiger partial charge in [-0.25, -0.2) is 0 Å². The Balaban J connectivity index is 2.19. The molecule has 16 heavy (non-hydrogen) atoms. The molecular formula is C12H16N4. The van der Waals surface area contributed by atoms with E-state index in [1.165, 1.54) is 0 Å². The summed E-state index contributed by atoms with van der Waals surface area (Å²) in [6, 6.07) is 10.5. The Bertz CT molecular complexity index is 433. The van der Waals surface area contributed by atoms with E-state index < -0.39 is 0 Å². The zero-order valence-electron chi connectivity index (χ0n) is 9.57. The van der Waals surface area contributed by atoms with Gasteiger partial charge < -0.3 is 5.32 Å². The van der Waals surface area contributed by atoms with Crippen LogP contribution >= 0.6 is 0 Å². The predicted molar refractivity (Wildman–Crippen MR) is 63.8 cm³/mol. The standard InChI is InChI=1S/C12H16N4/c1-9(2)13-8-11-12(15-16-14-11)10-6-4-3-5-7-10/h3-7,9,13H,8H2,1-2H3,(H,14,15,16). The van der Waals surface area contributed by atoms with Crippen LogP contribution in [0.4, 0.5) is 0 Å². The number of aromatic amines is 1. The molecule has 2 aromatic rings. The minimum atomic E-state index is 0.445. The van der Waals surface area contributed by atoms with Crippen molar-refractivity contribution in [2.75, 3.05) is 0 Å². The van der Waals surface area contributed by atoms with Gasteiger partial charge in [0, 0.05) is 18.2 Å². The number of nitrogens with one attached hydrogen (secondary N) is 2. The average Bonchev–Trinajstić information content (AvgIpc) is 2.75. The van der Waals surface area contributed by atoms with E-state index in [0.29, 0.717) is 6.04 Å². The van der Waals surface area contributed by atoms with Gasteiger partial charge in [-0.2, -0.15) is 15.4 Å². The molecule has 0 fully saturated rings. The Morgan fingerprint density at radius 3 is 2.62 bits per heavy atom. The number of benzene rings is 1. The monoisotopic (exact) mass is 216 g/mol. The average molecular weight is 216 g/mol. The molecule has 0 unspecified atom stereocenters. The van der Waals surface area contributed by atoms with E-state index in [9.17, 15) is 0 Å². The van der Waals surface area contributed by atoms with Crippen LogP contribution in [0.1, 0.15) is 19.5 Å². The largest absolute Gasteiger partial charge is 0.309 e. The lowest BCUT2D eigenvalue weighted by atomic mass is 10.1. The first-order chi connectivity index (χ1) is 7.77. The topological polar surface area (TPSA) is 53.6 Å². The highest BCUT2D eigenvalue weighted by Gasteiger charge is 2.09. The van der Waals surface area contributed by atoms with E-state index >= 15 is 0 Å². The Kier molecular flexibility index (Phi) is 3.31. The summed E-state index contributed by atoms with van der Waals surface area (Å²) in [7, 11) is 0. The van der Waals surface area contributed by atoms with Crippen molar-refractivity contribution in [1.82, 2.24) is 20.7 Å². The van der Waals surface area contributed by atoms with Crippen molar-refractivity contribution in [2.24, 2.45) is 0 Å². The summed E-state index contributed by atoms with van der Waals surface area (Å²) in [6.07, 6.45) is 0. The quantitative estimate of drug-likeness (QED) is 0.821. The minimum Gasteiger partial charge on any atom is -0.309 e. The van der Waals surface area contributed by atoms with Crippen molar-refractivity contribution in [3.8, 4) is 11.3 Å². The number of rotatable bonds is 4. The molecule has 1 aromatic carbocycles. The van der Waals surface area contributed by atoms with Crippen molar-refractivity contribution in [3.05, 3.63) is 36.0 Å². The molecule has 0 aliphatic carbocycles. The first-order valence-electron chi connectivity index (χ1n) is 5.46. The lowest BCUT2D eigenvalue weighted by Gasteiger charge is -2.06. The third-order valence-corrected chi connectivity index (χ3v) is 2.35. The molecule has 0 bridgehead atoms. The molecule has 0 saturated carbocycles. The van der Waals surface area contributed by atoms with E-state index in [1.54, 1.807) is 0 Å². The zero-order valence-corrected chi connectivity index (χ0v) is 9.57. The smallest absolute Gasteiger partial charge is 0.117 e. The van der Waals surface area contributed by atoms with Crippen molar-refractivity contribution in [2.45, 2.75) is 26.4 Å². The van der Waals surface area contributed by atoms with Gasteiger partial charge in [0.15, 0.2) is 0 Å². The molecule has 2 rings (SSSR count). The Labute approximate surface area is 95.1 Å². The molecule has 0 saturated heterocycles.